The highest BCUT2D eigenvalue weighted by molar-refractivity contribution is 7.10. The van der Waals surface area contributed by atoms with Crippen LogP contribution in [0.1, 0.15) is 33.0 Å². The second kappa shape index (κ2) is 6.94. The Morgan fingerprint density at radius 3 is 3.10 bits per heavy atom. The lowest BCUT2D eigenvalue weighted by molar-refractivity contribution is 0.0922. The van der Waals surface area contributed by atoms with Crippen molar-refractivity contribution < 1.29 is 14.3 Å². The molecule has 0 aromatic carbocycles. The first-order valence-electron chi connectivity index (χ1n) is 6.20. The summed E-state index contributed by atoms with van der Waals surface area (Å²) in [6.45, 7) is 2.35. The van der Waals surface area contributed by atoms with E-state index in [1.165, 1.54) is 6.26 Å². The van der Waals surface area contributed by atoms with E-state index in [9.17, 15) is 4.79 Å². The lowest BCUT2D eigenvalue weighted by Crippen LogP contribution is -2.22. The molecule has 104 valence electrons. The lowest BCUT2D eigenvalue weighted by atomic mass is 10.2. The second-order valence-electron chi connectivity index (χ2n) is 4.19. The van der Waals surface area contributed by atoms with Gasteiger partial charge in [-0.3, -0.25) is 4.79 Å². The van der Waals surface area contributed by atoms with Gasteiger partial charge in [-0.25, -0.2) is 0 Å². The molecule has 0 saturated carbocycles. The summed E-state index contributed by atoms with van der Waals surface area (Å²) in [5, 5.41) is 13.4. The van der Waals surface area contributed by atoms with Crippen LogP contribution in [0.3, 0.4) is 0 Å². The van der Waals surface area contributed by atoms with E-state index in [1.54, 1.807) is 17.4 Å². The van der Waals surface area contributed by atoms with Crippen molar-refractivity contribution in [2.24, 2.45) is 0 Å². The number of hydrogen-bond acceptors (Lipinski definition) is 4. The van der Waals surface area contributed by atoms with Crippen molar-refractivity contribution >= 4 is 17.2 Å². The van der Waals surface area contributed by atoms with Crippen molar-refractivity contribution in [3.05, 3.63) is 45.5 Å². The summed E-state index contributed by atoms with van der Waals surface area (Å²) in [5.41, 5.74) is 1.73. The van der Waals surface area contributed by atoms with Crippen LogP contribution in [0, 0.1) is 18.8 Å². The van der Waals surface area contributed by atoms with Gasteiger partial charge in [0.1, 0.15) is 0 Å². The molecule has 2 heterocycles. The summed E-state index contributed by atoms with van der Waals surface area (Å²) in [7, 11) is 0. The Morgan fingerprint density at radius 2 is 2.40 bits per heavy atom. The van der Waals surface area contributed by atoms with Crippen LogP contribution in [0.5, 0.6) is 0 Å². The Kier molecular flexibility index (Phi) is 4.99. The molecule has 4 nitrogen and oxygen atoms in total. The molecule has 0 radical (unpaired) electrons. The van der Waals surface area contributed by atoms with E-state index in [2.05, 4.69) is 17.2 Å². The molecule has 0 aliphatic carbocycles. The van der Waals surface area contributed by atoms with Crippen LogP contribution < -0.4 is 5.32 Å². The van der Waals surface area contributed by atoms with E-state index < -0.39 is 0 Å². The fourth-order valence-electron chi connectivity index (χ4n) is 1.61. The van der Waals surface area contributed by atoms with Crippen LogP contribution in [0.25, 0.3) is 0 Å². The van der Waals surface area contributed by atoms with Gasteiger partial charge in [0, 0.05) is 27.8 Å². The minimum Gasteiger partial charge on any atom is -0.459 e. The number of aryl methyl sites for hydroxylation is 1. The molecule has 2 N–H and O–H groups in total. The van der Waals surface area contributed by atoms with Crippen LogP contribution >= 0.6 is 11.3 Å². The van der Waals surface area contributed by atoms with Crippen molar-refractivity contribution in [2.45, 2.75) is 19.9 Å². The second-order valence-corrected chi connectivity index (χ2v) is 5.19. The van der Waals surface area contributed by atoms with Gasteiger partial charge in [0.2, 0.25) is 0 Å². The summed E-state index contributed by atoms with van der Waals surface area (Å²) in [6, 6.07) is 3.69. The first-order valence-corrected chi connectivity index (χ1v) is 7.08. The van der Waals surface area contributed by atoms with Gasteiger partial charge in [-0.1, -0.05) is 11.8 Å². The third-order valence-electron chi connectivity index (χ3n) is 2.61. The number of carbonyl (C=O) groups excluding carboxylic acids is 1. The number of rotatable bonds is 4. The van der Waals surface area contributed by atoms with Crippen LogP contribution in [0.2, 0.25) is 0 Å². The molecule has 20 heavy (non-hydrogen) atoms. The van der Waals surface area contributed by atoms with Gasteiger partial charge in [0.25, 0.3) is 5.91 Å². The minimum atomic E-state index is -0.214. The Morgan fingerprint density at radius 1 is 1.55 bits per heavy atom. The highest BCUT2D eigenvalue weighted by Crippen LogP contribution is 2.14. The zero-order chi connectivity index (χ0) is 14.4. The quantitative estimate of drug-likeness (QED) is 0.849. The lowest BCUT2D eigenvalue weighted by Gasteiger charge is -2.01. The number of aliphatic hydroxyl groups is 1. The third-order valence-corrected chi connectivity index (χ3v) is 3.55. The number of amides is 1. The molecule has 0 bridgehead atoms. The van der Waals surface area contributed by atoms with E-state index in [0.717, 1.165) is 16.0 Å². The van der Waals surface area contributed by atoms with Gasteiger partial charge >= 0.3 is 0 Å². The molecule has 2 rings (SSSR count). The number of furan rings is 1. The van der Waals surface area contributed by atoms with Gasteiger partial charge in [0.05, 0.1) is 19.4 Å². The van der Waals surface area contributed by atoms with E-state index in [1.807, 2.05) is 18.4 Å². The van der Waals surface area contributed by atoms with Crippen molar-refractivity contribution in [3.63, 3.8) is 0 Å². The molecule has 0 fully saturated rings. The molecule has 1 amide bonds. The van der Waals surface area contributed by atoms with Crippen LogP contribution in [-0.4, -0.2) is 17.6 Å². The van der Waals surface area contributed by atoms with Gasteiger partial charge < -0.3 is 14.8 Å². The highest BCUT2D eigenvalue weighted by atomic mass is 32.1. The molecular formula is C15H15NO3S. The molecule has 0 atom stereocenters. The number of carbonyl (C=O) groups is 1. The van der Waals surface area contributed by atoms with E-state index in [4.69, 9.17) is 9.52 Å². The molecule has 0 unspecified atom stereocenters. The Bertz CT molecular complexity index is 645. The Balaban J connectivity index is 1.90. The number of hydrogen-bond donors (Lipinski definition) is 2. The summed E-state index contributed by atoms with van der Waals surface area (Å²) >= 11 is 1.54. The maximum atomic E-state index is 11.9. The summed E-state index contributed by atoms with van der Waals surface area (Å²) in [4.78, 5) is 12.9. The maximum absolute atomic E-state index is 11.9. The SMILES string of the molecule is Cc1ccoc1C(=O)NCc1cc(C#CCCO)cs1. The topological polar surface area (TPSA) is 62.5 Å². The Hall–Kier alpha value is -2.03. The van der Waals surface area contributed by atoms with Crippen molar-refractivity contribution in [1.29, 1.82) is 0 Å². The minimum absolute atomic E-state index is 0.0720. The summed E-state index contributed by atoms with van der Waals surface area (Å²) < 4.78 is 5.13. The predicted molar refractivity (Wildman–Crippen MR) is 77.5 cm³/mol. The first-order chi connectivity index (χ1) is 9.70. The first kappa shape index (κ1) is 14.4. The molecule has 2 aromatic rings. The molecule has 0 aliphatic rings. The van der Waals surface area contributed by atoms with Gasteiger partial charge in [-0.05, 0) is 19.1 Å². The zero-order valence-electron chi connectivity index (χ0n) is 11.1. The average Bonchev–Trinajstić information content (AvgIpc) is 3.05. The van der Waals surface area contributed by atoms with Crippen molar-refractivity contribution in [1.82, 2.24) is 5.32 Å². The third kappa shape index (κ3) is 3.73. The summed E-state index contributed by atoms with van der Waals surface area (Å²) in [6.07, 6.45) is 1.98. The fourth-order valence-corrected chi connectivity index (χ4v) is 2.37. The molecule has 0 aliphatic heterocycles. The van der Waals surface area contributed by atoms with Gasteiger partial charge in [-0.2, -0.15) is 0 Å². The van der Waals surface area contributed by atoms with Crippen LogP contribution in [-0.2, 0) is 6.54 Å². The van der Waals surface area contributed by atoms with E-state index in [-0.39, 0.29) is 12.5 Å². The smallest absolute Gasteiger partial charge is 0.287 e. The van der Waals surface area contributed by atoms with E-state index in [0.29, 0.717) is 18.7 Å². The molecule has 5 heteroatoms. The van der Waals surface area contributed by atoms with E-state index >= 15 is 0 Å². The number of aliphatic hydroxyl groups excluding tert-OH is 1. The molecule has 0 spiro atoms. The maximum Gasteiger partial charge on any atom is 0.287 e. The molecular weight excluding hydrogens is 274 g/mol. The monoisotopic (exact) mass is 289 g/mol. The fraction of sp³-hybridized carbons (Fsp3) is 0.267. The predicted octanol–water partition coefficient (Wildman–Crippen LogP) is 2.31. The summed E-state index contributed by atoms with van der Waals surface area (Å²) in [5.74, 6) is 5.96. The Labute approximate surface area is 121 Å². The van der Waals surface area contributed by atoms with Gasteiger partial charge in [-0.15, -0.1) is 11.3 Å². The number of thiophene rings is 1. The van der Waals surface area contributed by atoms with Crippen LogP contribution in [0.4, 0.5) is 0 Å². The average molecular weight is 289 g/mol. The number of nitrogens with one attached hydrogen (secondary N) is 1. The molecule has 2 aromatic heterocycles. The van der Waals surface area contributed by atoms with Crippen molar-refractivity contribution in [2.75, 3.05) is 6.61 Å². The van der Waals surface area contributed by atoms with Crippen LogP contribution in [0.15, 0.2) is 28.2 Å². The molecule has 0 saturated heterocycles. The van der Waals surface area contributed by atoms with Gasteiger partial charge in [0.15, 0.2) is 5.76 Å². The highest BCUT2D eigenvalue weighted by Gasteiger charge is 2.12. The normalized spacial score (nSPS) is 9.90. The van der Waals surface area contributed by atoms with Crippen molar-refractivity contribution in [3.8, 4) is 11.8 Å². The standard InChI is InChI=1S/C15H15NO3S/c1-11-5-7-19-14(11)15(18)16-9-13-8-12(10-20-13)4-2-3-6-17/h5,7-8,10,17H,3,6,9H2,1H3,(H,16,18). The largest absolute Gasteiger partial charge is 0.459 e. The zero-order valence-corrected chi connectivity index (χ0v) is 11.9.